The number of nitrogens with one attached hydrogen (secondary N) is 1. The Morgan fingerprint density at radius 2 is 2.13 bits per heavy atom. The monoisotopic (exact) mass is 221 g/mol. The summed E-state index contributed by atoms with van der Waals surface area (Å²) in [5, 5.41) is 12.5. The summed E-state index contributed by atoms with van der Waals surface area (Å²) in [5.74, 6) is 0.586. The van der Waals surface area contributed by atoms with E-state index < -0.39 is 0 Å². The molecule has 1 fully saturated rings. The molecular weight excluding hydrogens is 206 g/mol. The molecule has 0 aromatic heterocycles. The van der Waals surface area contributed by atoms with Crippen molar-refractivity contribution in [2.24, 2.45) is 5.92 Å². The first kappa shape index (κ1) is 10.6. The van der Waals surface area contributed by atoms with Gasteiger partial charge in [-0.1, -0.05) is 30.3 Å². The maximum Gasteiger partial charge on any atom is 0.174 e. The molecule has 3 heteroatoms. The van der Waals surface area contributed by atoms with Crippen molar-refractivity contribution in [3.8, 4) is 0 Å². The summed E-state index contributed by atoms with van der Waals surface area (Å²) in [5.41, 5.74) is 1.36. The van der Waals surface area contributed by atoms with Gasteiger partial charge in [-0.2, -0.15) is 0 Å². The average molecular weight is 221 g/mol. The molecule has 0 aliphatic carbocycles. The van der Waals surface area contributed by atoms with Gasteiger partial charge in [0, 0.05) is 0 Å². The van der Waals surface area contributed by atoms with Crippen molar-refractivity contribution in [2.75, 3.05) is 6.54 Å². The van der Waals surface area contributed by atoms with Crippen molar-refractivity contribution in [2.45, 2.75) is 18.9 Å². The van der Waals surface area contributed by atoms with Crippen molar-refractivity contribution < 1.29 is 5.11 Å². The molecule has 1 heterocycles. The lowest BCUT2D eigenvalue weighted by Crippen LogP contribution is -2.28. The van der Waals surface area contributed by atoms with Gasteiger partial charge >= 0.3 is 0 Å². The van der Waals surface area contributed by atoms with E-state index in [1.807, 2.05) is 6.07 Å². The Morgan fingerprint density at radius 1 is 1.40 bits per heavy atom. The molecule has 80 valence electrons. The number of benzene rings is 1. The van der Waals surface area contributed by atoms with E-state index in [0.717, 1.165) is 19.4 Å². The smallest absolute Gasteiger partial charge is 0.174 e. The highest BCUT2D eigenvalue weighted by Gasteiger charge is 2.26. The summed E-state index contributed by atoms with van der Waals surface area (Å²) in [6.07, 6.45) is 2.01. The fourth-order valence-electron chi connectivity index (χ4n) is 2.10. The van der Waals surface area contributed by atoms with Crippen LogP contribution in [0.15, 0.2) is 30.3 Å². The Morgan fingerprint density at radius 3 is 2.73 bits per heavy atom. The summed E-state index contributed by atoms with van der Waals surface area (Å²) in [7, 11) is 0. The minimum Gasteiger partial charge on any atom is -0.501 e. The molecule has 1 aliphatic rings. The molecule has 0 unspecified atom stereocenters. The Balaban J connectivity index is 1.90. The molecule has 0 radical (unpaired) electrons. The van der Waals surface area contributed by atoms with Crippen molar-refractivity contribution >= 4 is 17.3 Å². The summed E-state index contributed by atoms with van der Waals surface area (Å²) >= 11 is 4.77. The molecule has 1 aromatic rings. The summed E-state index contributed by atoms with van der Waals surface area (Å²) < 4.78 is 0. The first-order valence-corrected chi connectivity index (χ1v) is 5.66. The van der Waals surface area contributed by atoms with Crippen LogP contribution in [0.1, 0.15) is 12.0 Å². The number of aliphatic hydroxyl groups is 1. The molecular formula is C12H15NOS. The van der Waals surface area contributed by atoms with E-state index in [1.54, 1.807) is 0 Å². The minimum absolute atomic E-state index is 0.0220. The van der Waals surface area contributed by atoms with Gasteiger partial charge < -0.3 is 10.4 Å². The van der Waals surface area contributed by atoms with E-state index in [4.69, 9.17) is 12.2 Å². The highest BCUT2D eigenvalue weighted by molar-refractivity contribution is 7.80. The van der Waals surface area contributed by atoms with E-state index in [9.17, 15) is 5.11 Å². The Bertz CT molecular complexity index is 339. The van der Waals surface area contributed by atoms with Gasteiger partial charge in [-0.15, -0.1) is 0 Å². The topological polar surface area (TPSA) is 32.3 Å². The van der Waals surface area contributed by atoms with Gasteiger partial charge in [0.25, 0.3) is 0 Å². The molecule has 1 saturated heterocycles. The molecule has 2 atom stereocenters. The second-order valence-corrected chi connectivity index (χ2v) is 4.51. The zero-order valence-corrected chi connectivity index (χ0v) is 9.33. The molecule has 15 heavy (non-hydrogen) atoms. The minimum atomic E-state index is 0.0220. The lowest BCUT2D eigenvalue weighted by atomic mass is 9.97. The number of aliphatic hydroxyl groups excluding tert-OH is 1. The van der Waals surface area contributed by atoms with Gasteiger partial charge in [0.05, 0.1) is 6.04 Å². The number of hydrogen-bond acceptors (Lipinski definition) is 2. The third kappa shape index (κ3) is 2.76. The molecule has 2 N–H and O–H groups in total. The normalized spacial score (nSPS) is 25.3. The molecule has 0 saturated carbocycles. The zero-order chi connectivity index (χ0) is 10.7. The highest BCUT2D eigenvalue weighted by atomic mass is 32.1. The lowest BCUT2D eigenvalue weighted by molar-refractivity contribution is 0.509. The summed E-state index contributed by atoms with van der Waals surface area (Å²) in [4.78, 5) is 0. The Kier molecular flexibility index (Phi) is 3.34. The molecule has 1 aromatic carbocycles. The zero-order valence-electron chi connectivity index (χ0n) is 8.52. The predicted octanol–water partition coefficient (Wildman–Crippen LogP) is 2.09. The number of hydrogen-bond donors (Lipinski definition) is 2. The fraction of sp³-hybridized carbons (Fsp3) is 0.417. The second kappa shape index (κ2) is 4.73. The molecule has 0 bridgehead atoms. The third-order valence-electron chi connectivity index (χ3n) is 2.89. The van der Waals surface area contributed by atoms with Crippen LogP contribution in [0.3, 0.4) is 0 Å². The average Bonchev–Trinajstić information content (AvgIpc) is 2.68. The van der Waals surface area contributed by atoms with Crippen LogP contribution in [-0.4, -0.2) is 22.7 Å². The number of rotatable bonds is 3. The van der Waals surface area contributed by atoms with Crippen molar-refractivity contribution in [3.63, 3.8) is 0 Å². The van der Waals surface area contributed by atoms with E-state index in [0.29, 0.717) is 5.92 Å². The molecule has 0 amide bonds. The van der Waals surface area contributed by atoms with Gasteiger partial charge in [-0.25, -0.2) is 0 Å². The van der Waals surface area contributed by atoms with Gasteiger partial charge in [0.2, 0.25) is 0 Å². The molecule has 2 rings (SSSR count). The lowest BCUT2D eigenvalue weighted by Gasteiger charge is -2.08. The van der Waals surface area contributed by atoms with Crippen LogP contribution < -0.4 is 5.32 Å². The largest absolute Gasteiger partial charge is 0.501 e. The first-order valence-electron chi connectivity index (χ1n) is 5.26. The first-order chi connectivity index (χ1) is 7.25. The van der Waals surface area contributed by atoms with E-state index in [-0.39, 0.29) is 11.1 Å². The van der Waals surface area contributed by atoms with Crippen LogP contribution in [0.2, 0.25) is 0 Å². The van der Waals surface area contributed by atoms with Crippen molar-refractivity contribution in [1.29, 1.82) is 0 Å². The van der Waals surface area contributed by atoms with Gasteiger partial charge in [0.15, 0.2) is 5.05 Å². The van der Waals surface area contributed by atoms with Crippen LogP contribution in [0, 0.1) is 5.92 Å². The molecule has 2 nitrogen and oxygen atoms in total. The highest BCUT2D eigenvalue weighted by Crippen LogP contribution is 2.19. The fourth-order valence-corrected chi connectivity index (χ4v) is 2.28. The molecule has 1 aliphatic heterocycles. The quantitative estimate of drug-likeness (QED) is 0.767. The van der Waals surface area contributed by atoms with E-state index in [1.165, 1.54) is 5.56 Å². The maximum atomic E-state index is 9.20. The maximum absolute atomic E-state index is 9.20. The van der Waals surface area contributed by atoms with Crippen molar-refractivity contribution in [1.82, 2.24) is 5.32 Å². The van der Waals surface area contributed by atoms with Crippen LogP contribution in [0.25, 0.3) is 0 Å². The van der Waals surface area contributed by atoms with Crippen LogP contribution in [0.4, 0.5) is 0 Å². The van der Waals surface area contributed by atoms with Gasteiger partial charge in [-0.05, 0) is 43.1 Å². The summed E-state index contributed by atoms with van der Waals surface area (Å²) in [6, 6.07) is 10.5. The van der Waals surface area contributed by atoms with Gasteiger partial charge in [0.1, 0.15) is 0 Å². The SMILES string of the molecule is OC(=S)[C@H]1C[C@@H](Cc2ccccc2)CN1. The van der Waals surface area contributed by atoms with Crippen LogP contribution >= 0.6 is 12.2 Å². The van der Waals surface area contributed by atoms with E-state index in [2.05, 4.69) is 29.6 Å². The Hall–Kier alpha value is -0.930. The molecule has 0 spiro atoms. The van der Waals surface area contributed by atoms with Crippen molar-refractivity contribution in [3.05, 3.63) is 35.9 Å². The number of thiocarbonyl (C=S) groups is 1. The standard InChI is InChI=1S/C12H15NOS/c14-12(15)11-7-10(8-13-11)6-9-4-2-1-3-5-9/h1-5,10-11,13H,6-8H2,(H,14,15)/t10-,11-/m1/s1. The van der Waals surface area contributed by atoms with Gasteiger partial charge in [-0.3, -0.25) is 0 Å². The van der Waals surface area contributed by atoms with E-state index >= 15 is 0 Å². The Labute approximate surface area is 95.3 Å². The van der Waals surface area contributed by atoms with Crippen LogP contribution in [-0.2, 0) is 6.42 Å². The second-order valence-electron chi connectivity index (χ2n) is 4.09. The predicted molar refractivity (Wildman–Crippen MR) is 65.3 cm³/mol. The van der Waals surface area contributed by atoms with Crippen LogP contribution in [0.5, 0.6) is 0 Å². The third-order valence-corrected chi connectivity index (χ3v) is 3.17. The summed E-state index contributed by atoms with van der Waals surface area (Å²) in [6.45, 7) is 0.945.